The summed E-state index contributed by atoms with van der Waals surface area (Å²) in [5.41, 5.74) is 6.15. The van der Waals surface area contributed by atoms with E-state index in [1.807, 2.05) is 54.8 Å². The summed E-state index contributed by atoms with van der Waals surface area (Å²) in [6.45, 7) is 5.03. The molecule has 0 spiro atoms. The van der Waals surface area contributed by atoms with Crippen LogP contribution in [0.25, 0.3) is 0 Å². The minimum Gasteiger partial charge on any atom is -0.336 e. The van der Waals surface area contributed by atoms with Gasteiger partial charge in [0.2, 0.25) is 5.91 Å². The monoisotopic (exact) mass is 288 g/mol. The number of carbonyl (C=O) groups is 1. The molecule has 0 saturated heterocycles. The highest BCUT2D eigenvalue weighted by Crippen LogP contribution is 2.22. The summed E-state index contributed by atoms with van der Waals surface area (Å²) in [5, 5.41) is 2.02. The van der Waals surface area contributed by atoms with Crippen LogP contribution in [0.4, 0.5) is 0 Å². The number of thiophene rings is 1. The smallest absolute Gasteiger partial charge is 0.247 e. The highest BCUT2D eigenvalue weighted by atomic mass is 32.1. The van der Waals surface area contributed by atoms with Gasteiger partial charge in [-0.2, -0.15) is 0 Å². The second-order valence-electron chi connectivity index (χ2n) is 4.97. The first-order valence-electron chi connectivity index (χ1n) is 6.72. The van der Waals surface area contributed by atoms with E-state index in [0.29, 0.717) is 13.1 Å². The number of likely N-dealkylation sites (N-methyl/N-ethyl adjacent to an activating group) is 1. The van der Waals surface area contributed by atoms with Crippen LogP contribution < -0.4 is 5.73 Å². The topological polar surface area (TPSA) is 46.3 Å². The Kier molecular flexibility index (Phi) is 4.57. The molecule has 0 aliphatic rings. The number of nitrogens with two attached hydrogens (primary N) is 1. The van der Waals surface area contributed by atoms with Crippen LogP contribution in [0.3, 0.4) is 0 Å². The maximum Gasteiger partial charge on any atom is 0.247 e. The Morgan fingerprint density at radius 3 is 2.50 bits per heavy atom. The first-order valence-corrected chi connectivity index (χ1v) is 7.60. The summed E-state index contributed by atoms with van der Waals surface area (Å²) in [5.74, 6) is -0.0420. The van der Waals surface area contributed by atoms with Gasteiger partial charge in [0, 0.05) is 11.4 Å². The zero-order chi connectivity index (χ0) is 14.6. The summed E-state index contributed by atoms with van der Waals surface area (Å²) in [7, 11) is 0. The Morgan fingerprint density at radius 1 is 1.25 bits per heavy atom. The summed E-state index contributed by atoms with van der Waals surface area (Å²) in [6.07, 6.45) is 0. The van der Waals surface area contributed by atoms with Crippen LogP contribution in [0.1, 0.15) is 24.3 Å². The van der Waals surface area contributed by atoms with Crippen molar-refractivity contribution in [2.24, 2.45) is 5.73 Å². The van der Waals surface area contributed by atoms with Crippen molar-refractivity contribution in [3.63, 3.8) is 0 Å². The van der Waals surface area contributed by atoms with E-state index < -0.39 is 5.54 Å². The Balaban J connectivity index is 2.19. The normalized spacial score (nSPS) is 13.8. The van der Waals surface area contributed by atoms with E-state index in [9.17, 15) is 4.79 Å². The van der Waals surface area contributed by atoms with Crippen molar-refractivity contribution >= 4 is 17.2 Å². The molecule has 1 aromatic carbocycles. The predicted octanol–water partition coefficient (Wildman–Crippen LogP) is 2.97. The van der Waals surface area contributed by atoms with Crippen molar-refractivity contribution in [3.05, 3.63) is 58.3 Å². The van der Waals surface area contributed by atoms with E-state index >= 15 is 0 Å². The van der Waals surface area contributed by atoms with E-state index in [0.717, 1.165) is 5.56 Å². The molecule has 106 valence electrons. The van der Waals surface area contributed by atoms with Gasteiger partial charge in [0.15, 0.2) is 0 Å². The van der Waals surface area contributed by atoms with Gasteiger partial charge < -0.3 is 10.6 Å². The maximum absolute atomic E-state index is 12.7. The average Bonchev–Trinajstić information content (AvgIpc) is 2.98. The largest absolute Gasteiger partial charge is 0.336 e. The van der Waals surface area contributed by atoms with E-state index in [-0.39, 0.29) is 5.91 Å². The van der Waals surface area contributed by atoms with Gasteiger partial charge in [-0.15, -0.1) is 11.3 Å². The van der Waals surface area contributed by atoms with Gasteiger partial charge in [-0.3, -0.25) is 4.79 Å². The molecule has 2 rings (SSSR count). The lowest BCUT2D eigenvalue weighted by molar-refractivity contribution is -0.137. The lowest BCUT2D eigenvalue weighted by atomic mass is 9.91. The Morgan fingerprint density at radius 2 is 1.95 bits per heavy atom. The Hall–Kier alpha value is -1.65. The zero-order valence-electron chi connectivity index (χ0n) is 11.9. The van der Waals surface area contributed by atoms with Gasteiger partial charge in [-0.05, 0) is 30.9 Å². The fraction of sp³-hybridized carbons (Fsp3) is 0.312. The second kappa shape index (κ2) is 6.20. The molecule has 20 heavy (non-hydrogen) atoms. The molecule has 0 saturated carbocycles. The van der Waals surface area contributed by atoms with Crippen LogP contribution in [-0.2, 0) is 16.9 Å². The summed E-state index contributed by atoms with van der Waals surface area (Å²) < 4.78 is 0. The minimum absolute atomic E-state index is 0.0420. The number of nitrogens with zero attached hydrogens (tertiary/aromatic N) is 1. The fourth-order valence-electron chi connectivity index (χ4n) is 2.15. The third-order valence-corrected chi connectivity index (χ3v) is 4.27. The third kappa shape index (κ3) is 3.08. The minimum atomic E-state index is -0.992. The van der Waals surface area contributed by atoms with E-state index in [1.165, 1.54) is 4.88 Å². The Labute approximate surface area is 124 Å². The first-order chi connectivity index (χ1) is 9.55. The van der Waals surface area contributed by atoms with Crippen molar-refractivity contribution in [2.45, 2.75) is 25.9 Å². The second-order valence-corrected chi connectivity index (χ2v) is 6.00. The molecule has 0 fully saturated rings. The number of benzene rings is 1. The quantitative estimate of drug-likeness (QED) is 0.919. The van der Waals surface area contributed by atoms with Crippen molar-refractivity contribution in [1.82, 2.24) is 4.90 Å². The molecule has 2 aromatic rings. The standard InChI is InChI=1S/C16H20N2OS/c1-3-18(12-14-10-7-11-20-14)15(19)16(2,17)13-8-5-4-6-9-13/h4-11H,3,12,17H2,1-2H3. The van der Waals surface area contributed by atoms with Crippen molar-refractivity contribution in [2.75, 3.05) is 6.54 Å². The van der Waals surface area contributed by atoms with Crippen LogP contribution in [-0.4, -0.2) is 17.4 Å². The number of rotatable bonds is 5. The number of hydrogen-bond acceptors (Lipinski definition) is 3. The molecule has 2 N–H and O–H groups in total. The van der Waals surface area contributed by atoms with Gasteiger partial charge in [0.05, 0.1) is 6.54 Å². The molecular formula is C16H20N2OS. The third-order valence-electron chi connectivity index (χ3n) is 3.41. The number of hydrogen-bond donors (Lipinski definition) is 1. The lowest BCUT2D eigenvalue weighted by Gasteiger charge is -2.31. The molecule has 0 bridgehead atoms. The van der Waals surface area contributed by atoms with Crippen LogP contribution in [0.5, 0.6) is 0 Å². The molecule has 1 atom stereocenters. The van der Waals surface area contributed by atoms with Crippen molar-refractivity contribution in [3.8, 4) is 0 Å². The molecule has 1 amide bonds. The van der Waals surface area contributed by atoms with Crippen LogP contribution in [0, 0.1) is 0 Å². The highest BCUT2D eigenvalue weighted by Gasteiger charge is 2.33. The molecule has 1 aromatic heterocycles. The fourth-order valence-corrected chi connectivity index (χ4v) is 2.87. The number of carbonyl (C=O) groups excluding carboxylic acids is 1. The van der Waals surface area contributed by atoms with Gasteiger partial charge in [-0.25, -0.2) is 0 Å². The van der Waals surface area contributed by atoms with Crippen molar-refractivity contribution < 1.29 is 4.79 Å². The van der Waals surface area contributed by atoms with E-state index in [2.05, 4.69) is 0 Å². The Bertz CT molecular complexity index is 549. The molecule has 1 heterocycles. The molecule has 3 nitrogen and oxygen atoms in total. The van der Waals surface area contributed by atoms with Crippen LogP contribution >= 0.6 is 11.3 Å². The van der Waals surface area contributed by atoms with E-state index in [4.69, 9.17) is 5.73 Å². The van der Waals surface area contributed by atoms with Gasteiger partial charge in [-0.1, -0.05) is 36.4 Å². The first kappa shape index (κ1) is 14.8. The predicted molar refractivity (Wildman–Crippen MR) is 83.4 cm³/mol. The molecule has 0 radical (unpaired) electrons. The summed E-state index contributed by atoms with van der Waals surface area (Å²) in [6, 6.07) is 13.6. The maximum atomic E-state index is 12.7. The number of amides is 1. The molecule has 1 unspecified atom stereocenters. The van der Waals surface area contributed by atoms with Gasteiger partial charge in [0.1, 0.15) is 5.54 Å². The molecule has 4 heteroatoms. The molecular weight excluding hydrogens is 268 g/mol. The average molecular weight is 288 g/mol. The summed E-state index contributed by atoms with van der Waals surface area (Å²) >= 11 is 1.66. The van der Waals surface area contributed by atoms with Crippen LogP contribution in [0.15, 0.2) is 47.8 Å². The SMILES string of the molecule is CCN(Cc1cccs1)C(=O)C(C)(N)c1ccccc1. The summed E-state index contributed by atoms with van der Waals surface area (Å²) in [4.78, 5) is 15.7. The molecule has 0 aliphatic carbocycles. The van der Waals surface area contributed by atoms with Crippen LogP contribution in [0.2, 0.25) is 0 Å². The van der Waals surface area contributed by atoms with Gasteiger partial charge >= 0.3 is 0 Å². The van der Waals surface area contributed by atoms with Crippen molar-refractivity contribution in [1.29, 1.82) is 0 Å². The zero-order valence-corrected chi connectivity index (χ0v) is 12.7. The van der Waals surface area contributed by atoms with Gasteiger partial charge in [0.25, 0.3) is 0 Å². The lowest BCUT2D eigenvalue weighted by Crippen LogP contribution is -2.50. The highest BCUT2D eigenvalue weighted by molar-refractivity contribution is 7.09. The van der Waals surface area contributed by atoms with E-state index in [1.54, 1.807) is 23.2 Å². The molecule has 0 aliphatic heterocycles.